The number of likely N-dealkylation sites (N-methyl/N-ethyl adjacent to an activating group) is 1. The Bertz CT molecular complexity index is 1100. The van der Waals surface area contributed by atoms with Crippen molar-refractivity contribution >= 4 is 29.3 Å². The molecule has 1 N–H and O–H groups in total. The molecule has 2 amide bonds. The zero-order chi connectivity index (χ0) is 22.5. The Balaban J connectivity index is 1.25. The second-order valence-corrected chi connectivity index (χ2v) is 8.15. The van der Waals surface area contributed by atoms with Crippen molar-refractivity contribution in [2.24, 2.45) is 0 Å². The van der Waals surface area contributed by atoms with E-state index in [-0.39, 0.29) is 41.8 Å². The van der Waals surface area contributed by atoms with Gasteiger partial charge in [0.1, 0.15) is 6.61 Å². The Morgan fingerprint density at radius 1 is 1.12 bits per heavy atom. The van der Waals surface area contributed by atoms with Crippen LogP contribution in [0.2, 0.25) is 0 Å². The van der Waals surface area contributed by atoms with E-state index < -0.39 is 6.10 Å². The highest BCUT2D eigenvalue weighted by Crippen LogP contribution is 2.35. The molecule has 1 aromatic heterocycles. The Hall–Kier alpha value is -3.53. The molecule has 0 saturated carbocycles. The molecule has 3 aromatic rings. The molecule has 0 aliphatic carbocycles. The van der Waals surface area contributed by atoms with Crippen LogP contribution in [0.4, 0.5) is 5.69 Å². The number of nitrogens with one attached hydrogen (secondary N) is 1. The monoisotopic (exact) mass is 454 g/mol. The van der Waals surface area contributed by atoms with Crippen molar-refractivity contribution in [2.45, 2.75) is 18.3 Å². The summed E-state index contributed by atoms with van der Waals surface area (Å²) in [4.78, 5) is 25.9. The minimum absolute atomic E-state index is 0.0564. The van der Waals surface area contributed by atoms with Gasteiger partial charge >= 0.3 is 0 Å². The van der Waals surface area contributed by atoms with Crippen molar-refractivity contribution in [3.8, 4) is 11.5 Å². The molecule has 9 nitrogen and oxygen atoms in total. The quantitative estimate of drug-likeness (QED) is 0.543. The number of ether oxygens (including phenoxy) is 2. The van der Waals surface area contributed by atoms with Crippen molar-refractivity contribution in [1.82, 2.24) is 15.1 Å². The maximum absolute atomic E-state index is 12.4. The summed E-state index contributed by atoms with van der Waals surface area (Å²) in [6.45, 7) is 2.16. The van der Waals surface area contributed by atoms with Crippen LogP contribution in [0.15, 0.2) is 58.2 Å². The lowest BCUT2D eigenvalue weighted by molar-refractivity contribution is -0.131. The number of para-hydroxylation sites is 2. The fraction of sp³-hybridized carbons (Fsp3) is 0.273. The lowest BCUT2D eigenvalue weighted by Gasteiger charge is -2.23. The number of aromatic nitrogens is 2. The number of amides is 2. The molecule has 1 unspecified atom stereocenters. The zero-order valence-electron chi connectivity index (χ0n) is 17.6. The number of nitrogens with zero attached hydrogens (tertiary/aromatic N) is 3. The summed E-state index contributed by atoms with van der Waals surface area (Å²) < 4.78 is 17.1. The van der Waals surface area contributed by atoms with E-state index in [0.29, 0.717) is 17.2 Å². The fourth-order valence-electron chi connectivity index (χ4n) is 2.92. The van der Waals surface area contributed by atoms with Crippen LogP contribution in [0.5, 0.6) is 11.5 Å². The maximum Gasteiger partial charge on any atom is 0.277 e. The number of carbonyl (C=O) groups excluding carboxylic acids is 2. The van der Waals surface area contributed by atoms with E-state index in [1.807, 2.05) is 49.4 Å². The van der Waals surface area contributed by atoms with Gasteiger partial charge in [0, 0.05) is 12.7 Å². The average Bonchev–Trinajstić information content (AvgIpc) is 3.27. The highest BCUT2D eigenvalue weighted by Gasteiger charge is 2.27. The minimum atomic E-state index is -0.518. The van der Waals surface area contributed by atoms with Crippen LogP contribution in [0.3, 0.4) is 0 Å². The van der Waals surface area contributed by atoms with Gasteiger partial charge in [-0.05, 0) is 31.2 Å². The minimum Gasteiger partial charge on any atom is -0.485 e. The molecular formula is C22H22N4O5S. The molecule has 1 aliphatic heterocycles. The normalized spacial score (nSPS) is 14.6. The van der Waals surface area contributed by atoms with Crippen LogP contribution in [0.25, 0.3) is 0 Å². The molecule has 2 aromatic carbocycles. The van der Waals surface area contributed by atoms with Crippen molar-refractivity contribution in [2.75, 3.05) is 31.3 Å². The Morgan fingerprint density at radius 3 is 2.66 bits per heavy atom. The number of fused-ring (bicyclic) bond motifs is 1. The van der Waals surface area contributed by atoms with Gasteiger partial charge in [0.15, 0.2) is 11.5 Å². The van der Waals surface area contributed by atoms with Crippen LogP contribution < -0.4 is 14.8 Å². The first-order chi connectivity index (χ1) is 15.5. The molecule has 4 rings (SSSR count). The van der Waals surface area contributed by atoms with Crippen LogP contribution in [0.1, 0.15) is 17.6 Å². The third-order valence-corrected chi connectivity index (χ3v) is 5.47. The van der Waals surface area contributed by atoms with E-state index in [2.05, 4.69) is 15.5 Å². The number of thioether (sulfide) groups is 1. The van der Waals surface area contributed by atoms with Gasteiger partial charge in [0.05, 0.1) is 12.3 Å². The van der Waals surface area contributed by atoms with E-state index in [1.54, 1.807) is 13.1 Å². The van der Waals surface area contributed by atoms with Crippen molar-refractivity contribution < 1.29 is 23.5 Å². The number of carbonyl (C=O) groups is 2. The Kier molecular flexibility index (Phi) is 6.60. The Labute approximate surface area is 189 Å². The molecule has 0 bridgehead atoms. The SMILES string of the molecule is Cc1ccc(NC(=O)CN(C)C(=O)CSc2nnc(C3COc4ccccc4O3)o2)cc1. The number of aryl methyl sites for hydroxylation is 1. The summed E-state index contributed by atoms with van der Waals surface area (Å²) in [5.74, 6) is 1.10. The highest BCUT2D eigenvalue weighted by molar-refractivity contribution is 7.99. The van der Waals surface area contributed by atoms with Gasteiger partial charge < -0.3 is 24.1 Å². The second-order valence-electron chi connectivity index (χ2n) is 7.22. The average molecular weight is 455 g/mol. The number of anilines is 1. The maximum atomic E-state index is 12.4. The summed E-state index contributed by atoms with van der Waals surface area (Å²) in [6.07, 6.45) is -0.518. The first-order valence-corrected chi connectivity index (χ1v) is 10.9. The molecule has 0 fully saturated rings. The van der Waals surface area contributed by atoms with Crippen LogP contribution in [-0.4, -0.2) is 52.9 Å². The lowest BCUT2D eigenvalue weighted by atomic mass is 10.2. The van der Waals surface area contributed by atoms with Gasteiger partial charge in [-0.2, -0.15) is 0 Å². The number of hydrogen-bond donors (Lipinski definition) is 1. The molecule has 10 heteroatoms. The summed E-state index contributed by atoms with van der Waals surface area (Å²) in [6, 6.07) is 14.8. The number of benzene rings is 2. The van der Waals surface area contributed by atoms with Crippen LogP contribution in [-0.2, 0) is 9.59 Å². The predicted octanol–water partition coefficient (Wildman–Crippen LogP) is 3.08. The van der Waals surface area contributed by atoms with E-state index in [0.717, 1.165) is 17.3 Å². The molecule has 2 heterocycles. The summed E-state index contributed by atoms with van der Waals surface area (Å²) in [7, 11) is 1.57. The predicted molar refractivity (Wildman–Crippen MR) is 118 cm³/mol. The standard InChI is InChI=1S/C22H22N4O5S/c1-14-7-9-15(10-8-14)23-19(27)11-26(2)20(28)13-32-22-25-24-21(31-22)18-12-29-16-5-3-4-6-17(16)30-18/h3-10,18H,11-13H2,1-2H3,(H,23,27). The first kappa shape index (κ1) is 21.7. The fourth-order valence-corrected chi connectivity index (χ4v) is 3.63. The van der Waals surface area contributed by atoms with Gasteiger partial charge in [-0.15, -0.1) is 10.2 Å². The first-order valence-electron chi connectivity index (χ1n) is 9.93. The van der Waals surface area contributed by atoms with Crippen molar-refractivity contribution in [3.63, 3.8) is 0 Å². The van der Waals surface area contributed by atoms with E-state index in [4.69, 9.17) is 13.9 Å². The molecule has 1 aliphatic rings. The van der Waals surface area contributed by atoms with Gasteiger partial charge in [-0.25, -0.2) is 0 Å². The van der Waals surface area contributed by atoms with Gasteiger partial charge in [0.2, 0.25) is 17.9 Å². The van der Waals surface area contributed by atoms with Gasteiger partial charge in [-0.1, -0.05) is 41.6 Å². The highest BCUT2D eigenvalue weighted by atomic mass is 32.2. The largest absolute Gasteiger partial charge is 0.485 e. The third kappa shape index (κ3) is 5.38. The molecule has 0 radical (unpaired) electrons. The molecular weight excluding hydrogens is 432 g/mol. The van der Waals surface area contributed by atoms with Crippen LogP contribution >= 0.6 is 11.8 Å². The molecule has 1 atom stereocenters. The summed E-state index contributed by atoms with van der Waals surface area (Å²) in [5.41, 5.74) is 1.79. The number of hydrogen-bond acceptors (Lipinski definition) is 8. The van der Waals surface area contributed by atoms with E-state index in [1.165, 1.54) is 4.90 Å². The van der Waals surface area contributed by atoms with Gasteiger partial charge in [-0.3, -0.25) is 9.59 Å². The smallest absolute Gasteiger partial charge is 0.277 e. The van der Waals surface area contributed by atoms with Gasteiger partial charge in [0.25, 0.3) is 11.1 Å². The Morgan fingerprint density at radius 2 is 1.88 bits per heavy atom. The summed E-state index contributed by atoms with van der Waals surface area (Å²) in [5, 5.41) is 11.0. The molecule has 0 saturated heterocycles. The van der Waals surface area contributed by atoms with Crippen molar-refractivity contribution in [1.29, 1.82) is 0 Å². The topological polar surface area (TPSA) is 107 Å². The molecule has 166 valence electrons. The van der Waals surface area contributed by atoms with E-state index in [9.17, 15) is 9.59 Å². The van der Waals surface area contributed by atoms with Crippen molar-refractivity contribution in [3.05, 3.63) is 60.0 Å². The molecule has 32 heavy (non-hydrogen) atoms. The summed E-state index contributed by atoms with van der Waals surface area (Å²) >= 11 is 1.10. The zero-order valence-corrected chi connectivity index (χ0v) is 18.4. The van der Waals surface area contributed by atoms with Crippen LogP contribution in [0, 0.1) is 6.92 Å². The third-order valence-electron chi connectivity index (χ3n) is 4.67. The lowest BCUT2D eigenvalue weighted by Crippen LogP contribution is -2.35. The van der Waals surface area contributed by atoms with E-state index >= 15 is 0 Å². The second kappa shape index (κ2) is 9.73. The number of rotatable bonds is 7. The molecule has 0 spiro atoms.